The topological polar surface area (TPSA) is 21.3 Å². The van der Waals surface area contributed by atoms with Crippen LogP contribution in [0.4, 0.5) is 18.9 Å². The van der Waals surface area contributed by atoms with E-state index in [4.69, 9.17) is 16.3 Å². The van der Waals surface area contributed by atoms with Gasteiger partial charge < -0.3 is 10.1 Å². The van der Waals surface area contributed by atoms with Gasteiger partial charge >= 0.3 is 6.18 Å². The van der Waals surface area contributed by atoms with Crippen LogP contribution in [0, 0.1) is 0 Å². The molecule has 0 saturated carbocycles. The minimum absolute atomic E-state index is 0.136. The number of rotatable bonds is 4. The summed E-state index contributed by atoms with van der Waals surface area (Å²) < 4.78 is 44.6. The summed E-state index contributed by atoms with van der Waals surface area (Å²) in [6, 6.07) is 10.3. The van der Waals surface area contributed by atoms with Gasteiger partial charge in [-0.05, 0) is 23.8 Å². The molecular weight excluding hydrogens is 303 g/mol. The van der Waals surface area contributed by atoms with Crippen molar-refractivity contribution < 1.29 is 17.9 Å². The summed E-state index contributed by atoms with van der Waals surface area (Å²) in [7, 11) is 1.44. The van der Waals surface area contributed by atoms with Crippen molar-refractivity contribution in [1.82, 2.24) is 0 Å². The van der Waals surface area contributed by atoms with Crippen LogP contribution in [0.25, 0.3) is 0 Å². The Balaban J connectivity index is 2.30. The van der Waals surface area contributed by atoms with E-state index in [1.54, 1.807) is 18.2 Å². The van der Waals surface area contributed by atoms with E-state index in [0.717, 1.165) is 0 Å². The number of methoxy groups -OCH3 is 1. The smallest absolute Gasteiger partial charge is 0.412 e. The molecule has 0 aliphatic carbocycles. The van der Waals surface area contributed by atoms with Crippen LogP contribution in [0.3, 0.4) is 0 Å². The molecule has 2 nitrogen and oxygen atoms in total. The number of ether oxygens (including phenoxy) is 1. The third-order valence-corrected chi connectivity index (χ3v) is 3.22. The molecule has 0 fully saturated rings. The van der Waals surface area contributed by atoms with Crippen LogP contribution in [0.15, 0.2) is 48.5 Å². The molecule has 0 radical (unpaired) electrons. The van der Waals surface area contributed by atoms with Crippen LogP contribution in [0.1, 0.15) is 11.6 Å². The highest BCUT2D eigenvalue weighted by atomic mass is 35.5. The van der Waals surface area contributed by atoms with Crippen LogP contribution in [-0.2, 0) is 0 Å². The first-order valence-corrected chi connectivity index (χ1v) is 6.51. The predicted octanol–water partition coefficient (Wildman–Crippen LogP) is 5.06. The summed E-state index contributed by atoms with van der Waals surface area (Å²) in [5.41, 5.74) is 0.406. The summed E-state index contributed by atoms with van der Waals surface area (Å²) in [5, 5.41) is 2.71. The maximum atomic E-state index is 13.2. The van der Waals surface area contributed by atoms with Crippen molar-refractivity contribution in [3.63, 3.8) is 0 Å². The van der Waals surface area contributed by atoms with E-state index in [1.807, 2.05) is 0 Å². The molecule has 2 rings (SSSR count). The number of alkyl halides is 3. The molecule has 0 amide bonds. The molecule has 1 atom stereocenters. The largest absolute Gasteiger partial charge is 0.495 e. The lowest BCUT2D eigenvalue weighted by atomic mass is 10.1. The van der Waals surface area contributed by atoms with Crippen LogP contribution in [0.5, 0.6) is 5.75 Å². The van der Waals surface area contributed by atoms with Crippen molar-refractivity contribution in [3.8, 4) is 5.75 Å². The Morgan fingerprint density at radius 1 is 1.10 bits per heavy atom. The molecule has 112 valence electrons. The minimum Gasteiger partial charge on any atom is -0.495 e. The summed E-state index contributed by atoms with van der Waals surface area (Å²) in [4.78, 5) is 0. The number of hydrogen-bond donors (Lipinski definition) is 1. The molecular formula is C15H13ClF3NO. The van der Waals surface area contributed by atoms with Gasteiger partial charge in [-0.2, -0.15) is 13.2 Å². The fourth-order valence-corrected chi connectivity index (χ4v) is 2.18. The van der Waals surface area contributed by atoms with Crippen molar-refractivity contribution in [1.29, 1.82) is 0 Å². The lowest BCUT2D eigenvalue weighted by molar-refractivity contribution is -0.144. The summed E-state index contributed by atoms with van der Waals surface area (Å²) in [5.74, 6) is 0.408. The molecule has 21 heavy (non-hydrogen) atoms. The molecule has 2 aromatic carbocycles. The summed E-state index contributed by atoms with van der Waals surface area (Å²) in [6.45, 7) is 0. The zero-order valence-corrected chi connectivity index (χ0v) is 11.9. The molecule has 0 aliphatic rings. The van der Waals surface area contributed by atoms with Crippen LogP contribution < -0.4 is 10.1 Å². The minimum atomic E-state index is -4.42. The predicted molar refractivity (Wildman–Crippen MR) is 76.9 cm³/mol. The fraction of sp³-hybridized carbons (Fsp3) is 0.200. The van der Waals surface area contributed by atoms with Gasteiger partial charge in [-0.1, -0.05) is 41.9 Å². The number of halogens is 4. The summed E-state index contributed by atoms with van der Waals surface area (Å²) in [6.07, 6.45) is -4.42. The molecule has 2 aromatic rings. The first-order chi connectivity index (χ1) is 9.91. The van der Waals surface area contributed by atoms with E-state index >= 15 is 0 Å². The highest BCUT2D eigenvalue weighted by molar-refractivity contribution is 6.32. The van der Waals surface area contributed by atoms with Gasteiger partial charge in [-0.15, -0.1) is 0 Å². The average Bonchev–Trinajstić information content (AvgIpc) is 2.44. The molecule has 0 saturated heterocycles. The molecule has 0 bridgehead atoms. The number of benzene rings is 2. The van der Waals surface area contributed by atoms with Crippen LogP contribution in [-0.4, -0.2) is 13.3 Å². The number of nitrogens with one attached hydrogen (secondary N) is 1. The Morgan fingerprint density at radius 2 is 1.76 bits per heavy atom. The Hall–Kier alpha value is -1.88. The van der Waals surface area contributed by atoms with E-state index in [0.29, 0.717) is 5.75 Å². The van der Waals surface area contributed by atoms with Gasteiger partial charge in [-0.3, -0.25) is 0 Å². The lowest BCUT2D eigenvalue weighted by Crippen LogP contribution is -2.27. The molecule has 0 aliphatic heterocycles. The Morgan fingerprint density at radius 3 is 2.29 bits per heavy atom. The number of hydrogen-bond acceptors (Lipinski definition) is 2. The van der Waals surface area contributed by atoms with E-state index in [1.165, 1.54) is 37.4 Å². The SMILES string of the molecule is COc1ccc(NC(c2ccccc2)C(F)(F)F)cc1Cl. The third kappa shape index (κ3) is 3.82. The van der Waals surface area contributed by atoms with Crippen LogP contribution in [0.2, 0.25) is 5.02 Å². The van der Waals surface area contributed by atoms with E-state index in [2.05, 4.69) is 5.32 Å². The Kier molecular flexibility index (Phi) is 4.63. The van der Waals surface area contributed by atoms with Crippen molar-refractivity contribution in [2.24, 2.45) is 0 Å². The van der Waals surface area contributed by atoms with Gasteiger partial charge in [0, 0.05) is 5.69 Å². The van der Waals surface area contributed by atoms with Crippen molar-refractivity contribution >= 4 is 17.3 Å². The molecule has 0 heterocycles. The average molecular weight is 316 g/mol. The maximum Gasteiger partial charge on any atom is 0.412 e. The standard InChI is InChI=1S/C15H13ClF3NO/c1-21-13-8-7-11(9-12(13)16)20-14(15(17,18)19)10-5-3-2-4-6-10/h2-9,14,20H,1H3. The van der Waals surface area contributed by atoms with E-state index < -0.39 is 12.2 Å². The van der Waals surface area contributed by atoms with Gasteiger partial charge in [0.1, 0.15) is 11.8 Å². The zero-order valence-electron chi connectivity index (χ0n) is 11.1. The highest BCUT2D eigenvalue weighted by Crippen LogP contribution is 2.37. The van der Waals surface area contributed by atoms with Gasteiger partial charge in [0.25, 0.3) is 0 Å². The first kappa shape index (κ1) is 15.5. The second-order valence-corrected chi connectivity index (χ2v) is 4.79. The second-order valence-electron chi connectivity index (χ2n) is 4.38. The van der Waals surface area contributed by atoms with Gasteiger partial charge in [0.2, 0.25) is 0 Å². The van der Waals surface area contributed by atoms with Crippen molar-refractivity contribution in [2.75, 3.05) is 12.4 Å². The molecule has 0 aromatic heterocycles. The molecule has 1 N–H and O–H groups in total. The Bertz CT molecular complexity index is 602. The van der Waals surface area contributed by atoms with E-state index in [9.17, 15) is 13.2 Å². The molecule has 1 unspecified atom stereocenters. The number of anilines is 1. The Labute approximate surface area is 125 Å². The lowest BCUT2D eigenvalue weighted by Gasteiger charge is -2.23. The molecule has 0 spiro atoms. The molecule has 6 heteroatoms. The maximum absolute atomic E-state index is 13.2. The quantitative estimate of drug-likeness (QED) is 0.851. The van der Waals surface area contributed by atoms with E-state index in [-0.39, 0.29) is 16.3 Å². The third-order valence-electron chi connectivity index (χ3n) is 2.92. The summed E-state index contributed by atoms with van der Waals surface area (Å²) >= 11 is 5.93. The van der Waals surface area contributed by atoms with Crippen molar-refractivity contribution in [2.45, 2.75) is 12.2 Å². The zero-order chi connectivity index (χ0) is 15.5. The monoisotopic (exact) mass is 315 g/mol. The highest BCUT2D eigenvalue weighted by Gasteiger charge is 2.40. The van der Waals surface area contributed by atoms with Crippen LogP contribution >= 0.6 is 11.6 Å². The van der Waals surface area contributed by atoms with Gasteiger partial charge in [0.05, 0.1) is 12.1 Å². The van der Waals surface area contributed by atoms with Crippen molar-refractivity contribution in [3.05, 3.63) is 59.1 Å². The normalized spacial score (nSPS) is 12.8. The second kappa shape index (κ2) is 6.26. The first-order valence-electron chi connectivity index (χ1n) is 6.13. The van der Waals surface area contributed by atoms with Gasteiger partial charge in [-0.25, -0.2) is 0 Å². The fourth-order valence-electron chi connectivity index (χ4n) is 1.92. The van der Waals surface area contributed by atoms with Gasteiger partial charge in [0.15, 0.2) is 0 Å².